The summed E-state index contributed by atoms with van der Waals surface area (Å²) in [6.45, 7) is 8.19. The monoisotopic (exact) mass is 271 g/mol. The van der Waals surface area contributed by atoms with Crippen molar-refractivity contribution in [1.82, 2.24) is 0 Å². The lowest BCUT2D eigenvalue weighted by molar-refractivity contribution is 0.795. The average Bonchev–Trinajstić information content (AvgIpc) is 2.60. The topological polar surface area (TPSA) is 12.4 Å². The zero-order valence-corrected chi connectivity index (χ0v) is 10.8. The molecule has 0 aromatic heterocycles. The minimum atomic E-state index is 0.244. The van der Waals surface area contributed by atoms with E-state index < -0.39 is 0 Å². The molecule has 1 aliphatic rings. The third-order valence-corrected chi connectivity index (χ3v) is 3.71. The molecule has 1 nitrogen and oxygen atoms in total. The van der Waals surface area contributed by atoms with Gasteiger partial charge >= 0.3 is 0 Å². The second-order valence-corrected chi connectivity index (χ2v) is 5.26. The summed E-state index contributed by atoms with van der Waals surface area (Å²) in [7, 11) is 0. The molecule has 0 radical (unpaired) electrons. The van der Waals surface area contributed by atoms with Crippen molar-refractivity contribution in [2.24, 2.45) is 4.99 Å². The van der Waals surface area contributed by atoms with Gasteiger partial charge in [0.05, 0.1) is 11.6 Å². The van der Waals surface area contributed by atoms with E-state index >= 15 is 0 Å². The molecule has 1 heterocycles. The lowest BCUT2D eigenvalue weighted by Gasteiger charge is -2.12. The Balaban J connectivity index is 2.58. The lowest BCUT2D eigenvalue weighted by atomic mass is 10.1. The van der Waals surface area contributed by atoms with Crippen LogP contribution in [-0.2, 0) is 0 Å². The molecule has 0 fully saturated rings. The fraction of sp³-hybridized carbons (Fsp3) is 0.364. The molecular weight excluding hydrogens is 258 g/mol. The Hall–Kier alpha value is -0.280. The SMILES string of the molecule is C=C(/C=C\C(Br)=C/C)C1N=CSC1C. The van der Waals surface area contributed by atoms with Crippen LogP contribution in [0.5, 0.6) is 0 Å². The highest BCUT2D eigenvalue weighted by molar-refractivity contribution is 9.11. The van der Waals surface area contributed by atoms with Gasteiger partial charge in [-0.15, -0.1) is 11.8 Å². The van der Waals surface area contributed by atoms with Crippen molar-refractivity contribution in [3.05, 3.63) is 34.9 Å². The summed E-state index contributed by atoms with van der Waals surface area (Å²) in [6.07, 6.45) is 6.03. The molecule has 14 heavy (non-hydrogen) atoms. The van der Waals surface area contributed by atoms with E-state index in [1.165, 1.54) is 0 Å². The molecule has 0 amide bonds. The van der Waals surface area contributed by atoms with E-state index in [1.54, 1.807) is 11.8 Å². The summed E-state index contributed by atoms with van der Waals surface area (Å²) in [5, 5.41) is 0.511. The highest BCUT2D eigenvalue weighted by Crippen LogP contribution is 2.26. The van der Waals surface area contributed by atoms with E-state index in [0.717, 1.165) is 10.1 Å². The molecule has 1 aliphatic heterocycles. The van der Waals surface area contributed by atoms with E-state index in [2.05, 4.69) is 34.4 Å². The fourth-order valence-electron chi connectivity index (χ4n) is 1.17. The van der Waals surface area contributed by atoms with Crippen LogP contribution in [0.2, 0.25) is 0 Å². The lowest BCUT2D eigenvalue weighted by Crippen LogP contribution is -2.14. The number of aliphatic imine (C=N–C) groups is 1. The van der Waals surface area contributed by atoms with Crippen LogP contribution in [0.25, 0.3) is 0 Å². The molecule has 2 atom stereocenters. The zero-order valence-electron chi connectivity index (χ0n) is 8.40. The molecule has 0 saturated carbocycles. The van der Waals surface area contributed by atoms with Crippen LogP contribution in [0.3, 0.4) is 0 Å². The van der Waals surface area contributed by atoms with Gasteiger partial charge < -0.3 is 0 Å². The van der Waals surface area contributed by atoms with Gasteiger partial charge in [0.25, 0.3) is 0 Å². The summed E-state index contributed by atoms with van der Waals surface area (Å²) in [5.41, 5.74) is 2.98. The van der Waals surface area contributed by atoms with Gasteiger partial charge in [0.1, 0.15) is 0 Å². The summed E-state index contributed by atoms with van der Waals surface area (Å²) in [4.78, 5) is 4.37. The van der Waals surface area contributed by atoms with Crippen LogP contribution in [-0.4, -0.2) is 16.8 Å². The number of hydrogen-bond acceptors (Lipinski definition) is 2. The molecule has 0 bridgehead atoms. The Morgan fingerprint density at radius 3 is 2.79 bits per heavy atom. The Bertz CT molecular complexity index is 304. The van der Waals surface area contributed by atoms with Crippen molar-refractivity contribution in [1.29, 1.82) is 0 Å². The van der Waals surface area contributed by atoms with Crippen molar-refractivity contribution in [3.63, 3.8) is 0 Å². The standard InChI is InChI=1S/C11H14BrNS/c1-4-10(12)6-5-8(2)11-9(3)14-7-13-11/h4-7,9,11H,2H2,1,3H3/b6-5-,10-4+. The number of hydrogen-bond donors (Lipinski definition) is 0. The van der Waals surface area contributed by atoms with Crippen LogP contribution >= 0.6 is 27.7 Å². The first-order valence-electron chi connectivity index (χ1n) is 4.51. The number of rotatable bonds is 3. The third-order valence-electron chi connectivity index (χ3n) is 2.05. The predicted molar refractivity (Wildman–Crippen MR) is 70.3 cm³/mol. The van der Waals surface area contributed by atoms with Crippen molar-refractivity contribution < 1.29 is 0 Å². The molecule has 3 heteroatoms. The zero-order chi connectivity index (χ0) is 10.6. The van der Waals surface area contributed by atoms with E-state index in [-0.39, 0.29) is 6.04 Å². The minimum absolute atomic E-state index is 0.244. The smallest absolute Gasteiger partial charge is 0.0869 e. The van der Waals surface area contributed by atoms with E-state index in [4.69, 9.17) is 0 Å². The van der Waals surface area contributed by atoms with Gasteiger partial charge in [-0.2, -0.15) is 0 Å². The molecule has 0 aromatic rings. The molecule has 2 unspecified atom stereocenters. The Kier molecular flexibility index (Phi) is 4.69. The summed E-state index contributed by atoms with van der Waals surface area (Å²) in [6, 6.07) is 0.244. The van der Waals surface area contributed by atoms with Crippen LogP contribution < -0.4 is 0 Å². The molecule has 0 aromatic carbocycles. The molecule has 0 aliphatic carbocycles. The van der Waals surface area contributed by atoms with Crippen molar-refractivity contribution in [3.8, 4) is 0 Å². The molecule has 0 saturated heterocycles. The van der Waals surface area contributed by atoms with Crippen molar-refractivity contribution >= 4 is 33.2 Å². The number of allylic oxidation sites excluding steroid dienone is 3. The molecular formula is C11H14BrNS. The van der Waals surface area contributed by atoms with Gasteiger partial charge in [-0.05, 0) is 18.6 Å². The number of nitrogens with zero attached hydrogens (tertiary/aromatic N) is 1. The summed E-state index contributed by atoms with van der Waals surface area (Å²) < 4.78 is 1.07. The van der Waals surface area contributed by atoms with Crippen LogP contribution in [0.4, 0.5) is 0 Å². The second kappa shape index (κ2) is 5.56. The number of thioether (sulfide) groups is 1. The maximum Gasteiger partial charge on any atom is 0.0869 e. The van der Waals surface area contributed by atoms with Crippen LogP contribution in [0.15, 0.2) is 39.9 Å². The Labute approximate surface area is 98.2 Å². The fourth-order valence-corrected chi connectivity index (χ4v) is 2.09. The molecule has 0 N–H and O–H groups in total. The number of halogens is 1. The Morgan fingerprint density at radius 1 is 1.57 bits per heavy atom. The first kappa shape index (κ1) is 11.8. The first-order chi connectivity index (χ1) is 6.65. The minimum Gasteiger partial charge on any atom is -0.277 e. The van der Waals surface area contributed by atoms with E-state index in [9.17, 15) is 0 Å². The summed E-state index contributed by atoms with van der Waals surface area (Å²) >= 11 is 5.18. The normalized spacial score (nSPS) is 27.5. The molecule has 76 valence electrons. The maximum atomic E-state index is 4.37. The third kappa shape index (κ3) is 3.14. The Morgan fingerprint density at radius 2 is 2.29 bits per heavy atom. The summed E-state index contributed by atoms with van der Waals surface area (Å²) in [5.74, 6) is 0. The largest absolute Gasteiger partial charge is 0.277 e. The molecule has 0 spiro atoms. The average molecular weight is 272 g/mol. The maximum absolute atomic E-state index is 4.37. The van der Waals surface area contributed by atoms with E-state index in [0.29, 0.717) is 5.25 Å². The van der Waals surface area contributed by atoms with Crippen LogP contribution in [0, 0.1) is 0 Å². The quantitative estimate of drug-likeness (QED) is 0.709. The van der Waals surface area contributed by atoms with E-state index in [1.807, 2.05) is 30.7 Å². The van der Waals surface area contributed by atoms with Gasteiger partial charge in [-0.1, -0.05) is 41.6 Å². The molecule has 1 rings (SSSR count). The van der Waals surface area contributed by atoms with Gasteiger partial charge in [0.2, 0.25) is 0 Å². The van der Waals surface area contributed by atoms with Crippen molar-refractivity contribution in [2.45, 2.75) is 25.1 Å². The van der Waals surface area contributed by atoms with Gasteiger partial charge in [-0.25, -0.2) is 0 Å². The van der Waals surface area contributed by atoms with Gasteiger partial charge in [-0.3, -0.25) is 4.99 Å². The first-order valence-corrected chi connectivity index (χ1v) is 6.24. The van der Waals surface area contributed by atoms with Gasteiger partial charge in [0.15, 0.2) is 0 Å². The van der Waals surface area contributed by atoms with Gasteiger partial charge in [0, 0.05) is 9.73 Å². The predicted octanol–water partition coefficient (Wildman–Crippen LogP) is 3.93. The van der Waals surface area contributed by atoms with Crippen LogP contribution in [0.1, 0.15) is 13.8 Å². The second-order valence-electron chi connectivity index (χ2n) is 3.12. The highest BCUT2D eigenvalue weighted by atomic mass is 79.9. The van der Waals surface area contributed by atoms with Crippen molar-refractivity contribution in [2.75, 3.05) is 0 Å². The highest BCUT2D eigenvalue weighted by Gasteiger charge is 2.21.